The molecule has 0 saturated heterocycles. The molecule has 0 aromatic heterocycles. The molecule has 2 atom stereocenters. The molecule has 1 fully saturated rings. The van der Waals surface area contributed by atoms with Gasteiger partial charge in [-0.25, -0.2) is 0 Å². The fourth-order valence-corrected chi connectivity index (χ4v) is 2.73. The minimum Gasteiger partial charge on any atom is -0.323 e. The van der Waals surface area contributed by atoms with Crippen molar-refractivity contribution in [2.24, 2.45) is 11.7 Å². The second-order valence-corrected chi connectivity index (χ2v) is 5.47. The summed E-state index contributed by atoms with van der Waals surface area (Å²) >= 11 is 0. The van der Waals surface area contributed by atoms with Gasteiger partial charge in [-0.3, -0.25) is 4.79 Å². The average molecular weight is 257 g/mol. The molecule has 1 aromatic carbocycles. The lowest BCUT2D eigenvalue weighted by atomic mass is 9.76. The number of anilines is 1. The lowest BCUT2D eigenvalue weighted by Gasteiger charge is -2.35. The van der Waals surface area contributed by atoms with Gasteiger partial charge in [0.25, 0.3) is 0 Å². The first-order valence-corrected chi connectivity index (χ1v) is 6.64. The van der Waals surface area contributed by atoms with Crippen LogP contribution in [0.15, 0.2) is 24.3 Å². The SMILES string of the molecule is CC1CCCC(N)(C(=O)Nc2ccccc2C#N)C1. The van der Waals surface area contributed by atoms with Gasteiger partial charge in [0.2, 0.25) is 5.91 Å². The Morgan fingerprint density at radius 1 is 1.53 bits per heavy atom. The molecule has 0 heterocycles. The second kappa shape index (κ2) is 5.41. The first kappa shape index (κ1) is 13.6. The van der Waals surface area contributed by atoms with Crippen molar-refractivity contribution < 1.29 is 4.79 Å². The molecule has 3 N–H and O–H groups in total. The summed E-state index contributed by atoms with van der Waals surface area (Å²) in [5.74, 6) is 0.289. The van der Waals surface area contributed by atoms with E-state index < -0.39 is 5.54 Å². The number of hydrogen-bond donors (Lipinski definition) is 2. The predicted octanol–water partition coefficient (Wildman–Crippen LogP) is 2.40. The molecule has 2 rings (SSSR count). The molecule has 4 nitrogen and oxygen atoms in total. The van der Waals surface area contributed by atoms with E-state index >= 15 is 0 Å². The number of hydrogen-bond acceptors (Lipinski definition) is 3. The predicted molar refractivity (Wildman–Crippen MR) is 74.3 cm³/mol. The molecule has 19 heavy (non-hydrogen) atoms. The fourth-order valence-electron chi connectivity index (χ4n) is 2.73. The Bertz CT molecular complexity index is 520. The topological polar surface area (TPSA) is 78.9 Å². The lowest BCUT2D eigenvalue weighted by Crippen LogP contribution is -2.53. The molecule has 1 saturated carbocycles. The maximum Gasteiger partial charge on any atom is 0.244 e. The molecule has 2 unspecified atom stereocenters. The summed E-state index contributed by atoms with van der Waals surface area (Å²) < 4.78 is 0. The summed E-state index contributed by atoms with van der Waals surface area (Å²) in [4.78, 5) is 12.4. The van der Waals surface area contributed by atoms with Crippen LogP contribution in [0, 0.1) is 17.2 Å². The minimum absolute atomic E-state index is 0.179. The Morgan fingerprint density at radius 2 is 2.26 bits per heavy atom. The molecule has 1 aliphatic rings. The number of carbonyl (C=O) groups is 1. The molecule has 100 valence electrons. The van der Waals surface area contributed by atoms with Crippen LogP contribution in [-0.2, 0) is 4.79 Å². The lowest BCUT2D eigenvalue weighted by molar-refractivity contribution is -0.122. The van der Waals surface area contributed by atoms with Crippen molar-refractivity contribution in [1.29, 1.82) is 5.26 Å². The smallest absolute Gasteiger partial charge is 0.244 e. The van der Waals surface area contributed by atoms with Gasteiger partial charge in [-0.05, 0) is 30.9 Å². The number of rotatable bonds is 2. The number of benzene rings is 1. The number of carbonyl (C=O) groups excluding carboxylic acids is 1. The fraction of sp³-hybridized carbons (Fsp3) is 0.467. The number of nitrogens with two attached hydrogens (primary N) is 1. The molecule has 1 aromatic rings. The van der Waals surface area contributed by atoms with Crippen molar-refractivity contribution in [3.8, 4) is 6.07 Å². The van der Waals surface area contributed by atoms with E-state index in [1.165, 1.54) is 0 Å². The van der Waals surface area contributed by atoms with Crippen molar-refractivity contribution in [2.45, 2.75) is 38.1 Å². The monoisotopic (exact) mass is 257 g/mol. The van der Waals surface area contributed by atoms with Crippen LogP contribution >= 0.6 is 0 Å². The van der Waals surface area contributed by atoms with Crippen LogP contribution in [0.25, 0.3) is 0 Å². The highest BCUT2D eigenvalue weighted by molar-refractivity contribution is 5.98. The average Bonchev–Trinajstić information content (AvgIpc) is 2.39. The summed E-state index contributed by atoms with van der Waals surface area (Å²) in [5, 5.41) is 11.8. The first-order chi connectivity index (χ1) is 9.05. The van der Waals surface area contributed by atoms with Crippen molar-refractivity contribution in [3.05, 3.63) is 29.8 Å². The maximum absolute atomic E-state index is 12.4. The standard InChI is InChI=1S/C15H19N3O/c1-11-5-4-8-15(17,9-11)14(19)18-13-7-3-2-6-12(13)10-16/h2-3,6-7,11H,4-5,8-9,17H2,1H3,(H,18,19). The van der Waals surface area contributed by atoms with Crippen LogP contribution in [0.5, 0.6) is 0 Å². The van der Waals surface area contributed by atoms with Gasteiger partial charge in [-0.15, -0.1) is 0 Å². The van der Waals surface area contributed by atoms with Gasteiger partial charge in [0, 0.05) is 0 Å². The normalized spacial score (nSPS) is 26.5. The van der Waals surface area contributed by atoms with E-state index in [0.29, 0.717) is 30.0 Å². The van der Waals surface area contributed by atoms with Gasteiger partial charge in [0.15, 0.2) is 0 Å². The van der Waals surface area contributed by atoms with E-state index in [2.05, 4.69) is 18.3 Å². The van der Waals surface area contributed by atoms with Gasteiger partial charge >= 0.3 is 0 Å². The van der Waals surface area contributed by atoms with E-state index in [-0.39, 0.29) is 5.91 Å². The molecule has 1 aliphatic carbocycles. The summed E-state index contributed by atoms with van der Waals surface area (Å²) in [6, 6.07) is 9.05. The number of amides is 1. The summed E-state index contributed by atoms with van der Waals surface area (Å²) in [5.41, 5.74) is 6.43. The largest absolute Gasteiger partial charge is 0.323 e. The van der Waals surface area contributed by atoms with Crippen molar-refractivity contribution >= 4 is 11.6 Å². The van der Waals surface area contributed by atoms with Crippen LogP contribution in [0.1, 0.15) is 38.2 Å². The molecular formula is C15H19N3O. The highest BCUT2D eigenvalue weighted by Gasteiger charge is 2.38. The van der Waals surface area contributed by atoms with Crippen molar-refractivity contribution in [3.63, 3.8) is 0 Å². The van der Waals surface area contributed by atoms with Gasteiger partial charge in [0.1, 0.15) is 6.07 Å². The molecular weight excluding hydrogens is 238 g/mol. The molecule has 0 spiro atoms. The Hall–Kier alpha value is -1.86. The highest BCUT2D eigenvalue weighted by atomic mass is 16.2. The minimum atomic E-state index is -0.805. The van der Waals surface area contributed by atoms with Gasteiger partial charge in [-0.1, -0.05) is 31.9 Å². The van der Waals surface area contributed by atoms with Crippen LogP contribution < -0.4 is 11.1 Å². The van der Waals surface area contributed by atoms with Gasteiger partial charge in [-0.2, -0.15) is 5.26 Å². The van der Waals surface area contributed by atoms with Gasteiger partial charge < -0.3 is 11.1 Å². The highest BCUT2D eigenvalue weighted by Crippen LogP contribution is 2.31. The zero-order valence-corrected chi connectivity index (χ0v) is 11.1. The summed E-state index contributed by atoms with van der Waals surface area (Å²) in [7, 11) is 0. The third-order valence-electron chi connectivity index (χ3n) is 3.78. The van der Waals surface area contributed by atoms with Crippen molar-refractivity contribution in [1.82, 2.24) is 0 Å². The molecule has 4 heteroatoms. The number of para-hydroxylation sites is 1. The van der Waals surface area contributed by atoms with E-state index in [9.17, 15) is 4.79 Å². The Morgan fingerprint density at radius 3 is 2.95 bits per heavy atom. The van der Waals surface area contributed by atoms with E-state index in [1.807, 2.05) is 0 Å². The van der Waals surface area contributed by atoms with Gasteiger partial charge in [0.05, 0.1) is 16.8 Å². The Kier molecular flexibility index (Phi) is 3.87. The zero-order chi connectivity index (χ0) is 13.9. The zero-order valence-electron chi connectivity index (χ0n) is 11.1. The number of nitriles is 1. The van der Waals surface area contributed by atoms with E-state index in [4.69, 9.17) is 11.0 Å². The summed E-state index contributed by atoms with van der Waals surface area (Å²) in [6.07, 6.45) is 3.51. The number of nitrogens with zero attached hydrogens (tertiary/aromatic N) is 1. The van der Waals surface area contributed by atoms with E-state index in [0.717, 1.165) is 12.8 Å². The Labute approximate surface area is 113 Å². The third-order valence-corrected chi connectivity index (χ3v) is 3.78. The Balaban J connectivity index is 2.15. The quantitative estimate of drug-likeness (QED) is 0.853. The van der Waals surface area contributed by atoms with Crippen LogP contribution in [-0.4, -0.2) is 11.4 Å². The maximum atomic E-state index is 12.4. The number of nitrogens with one attached hydrogen (secondary N) is 1. The molecule has 0 aliphatic heterocycles. The van der Waals surface area contributed by atoms with Crippen LogP contribution in [0.4, 0.5) is 5.69 Å². The van der Waals surface area contributed by atoms with Crippen LogP contribution in [0.2, 0.25) is 0 Å². The summed E-state index contributed by atoms with van der Waals surface area (Å²) in [6.45, 7) is 2.12. The van der Waals surface area contributed by atoms with E-state index in [1.54, 1.807) is 24.3 Å². The first-order valence-electron chi connectivity index (χ1n) is 6.64. The van der Waals surface area contributed by atoms with Crippen molar-refractivity contribution in [2.75, 3.05) is 5.32 Å². The second-order valence-electron chi connectivity index (χ2n) is 5.47. The molecule has 1 amide bonds. The molecule has 0 bridgehead atoms. The third kappa shape index (κ3) is 2.94. The molecule has 0 radical (unpaired) electrons. The van der Waals surface area contributed by atoms with Crippen LogP contribution in [0.3, 0.4) is 0 Å².